The first kappa shape index (κ1) is 30.0. The van der Waals surface area contributed by atoms with Crippen molar-refractivity contribution in [2.24, 2.45) is 0 Å². The molecule has 12 heteroatoms. The van der Waals surface area contributed by atoms with Crippen LogP contribution in [0, 0.1) is 10.1 Å². The number of ether oxygens (including phenoxy) is 2. The number of rotatable bonds is 1. The van der Waals surface area contributed by atoms with Gasteiger partial charge in [-0.25, -0.2) is 0 Å². The Morgan fingerprint density at radius 1 is 0.909 bits per heavy atom. The van der Waals surface area contributed by atoms with Crippen LogP contribution < -0.4 is 20.3 Å². The molecule has 2 aromatic carbocycles. The molecule has 0 aromatic heterocycles. The van der Waals surface area contributed by atoms with Gasteiger partial charge in [0.15, 0.2) is 0 Å². The molecule has 0 saturated carbocycles. The predicted molar refractivity (Wildman–Crippen MR) is 165 cm³/mol. The molecule has 44 heavy (non-hydrogen) atoms. The van der Waals surface area contributed by atoms with E-state index in [1.54, 1.807) is 12.1 Å². The van der Waals surface area contributed by atoms with E-state index in [4.69, 9.17) is 9.47 Å². The number of nitro groups is 1. The minimum Gasteiger partial charge on any atom is -0.462 e. The highest BCUT2D eigenvalue weighted by molar-refractivity contribution is 5.96. The molecule has 0 radical (unpaired) electrons. The highest BCUT2D eigenvalue weighted by Crippen LogP contribution is 2.55. The summed E-state index contributed by atoms with van der Waals surface area (Å²) in [5.74, 6) is -0.0126. The van der Waals surface area contributed by atoms with Crippen molar-refractivity contribution in [1.82, 2.24) is 20.4 Å². The van der Waals surface area contributed by atoms with Gasteiger partial charge in [0.1, 0.15) is 12.2 Å². The number of para-hydroxylation sites is 1. The number of anilines is 1. The number of nitrogens with zero attached hydrogens (tertiary/aromatic N) is 4. The molecule has 4 aliphatic heterocycles. The average Bonchev–Trinajstić information content (AvgIpc) is 3.17. The quantitative estimate of drug-likeness (QED) is 0.286. The number of nitro benzene ring substituents is 1. The Morgan fingerprint density at radius 2 is 1.61 bits per heavy atom. The molecule has 1 saturated heterocycles. The van der Waals surface area contributed by atoms with Crippen LogP contribution in [-0.4, -0.2) is 97.8 Å². The van der Waals surface area contributed by atoms with E-state index in [0.29, 0.717) is 83.4 Å². The minimum absolute atomic E-state index is 0.00504. The topological polar surface area (TPSA) is 130 Å². The zero-order valence-electron chi connectivity index (χ0n) is 25.3. The van der Waals surface area contributed by atoms with E-state index in [2.05, 4.69) is 51.3 Å². The molecule has 4 bridgehead atoms. The van der Waals surface area contributed by atoms with Crippen LogP contribution in [0.5, 0.6) is 5.75 Å². The number of hydrogen-bond donors (Lipinski definition) is 2. The molecule has 4 aliphatic rings. The normalized spacial score (nSPS) is 27.1. The van der Waals surface area contributed by atoms with Crippen LogP contribution in [-0.2, 0) is 26.3 Å². The summed E-state index contributed by atoms with van der Waals surface area (Å²) in [5.41, 5.74) is 2.29. The second kappa shape index (κ2) is 12.2. The van der Waals surface area contributed by atoms with Crippen molar-refractivity contribution < 1.29 is 24.0 Å². The van der Waals surface area contributed by atoms with Gasteiger partial charge in [0.05, 0.1) is 23.6 Å². The van der Waals surface area contributed by atoms with Crippen LogP contribution in [0.2, 0.25) is 0 Å². The number of carbonyl (C=O) groups excluding carboxylic acids is 2. The van der Waals surface area contributed by atoms with Gasteiger partial charge in [-0.15, -0.1) is 0 Å². The van der Waals surface area contributed by atoms with Crippen molar-refractivity contribution in [3.05, 3.63) is 69.3 Å². The van der Waals surface area contributed by atoms with Gasteiger partial charge < -0.3 is 25.0 Å². The molecule has 2 N–H and O–H groups in total. The number of fused-ring (bicyclic) bond motifs is 5. The van der Waals surface area contributed by atoms with E-state index >= 15 is 0 Å². The number of hydrogen-bond acceptors (Lipinski definition) is 9. The van der Waals surface area contributed by atoms with Gasteiger partial charge in [-0.2, -0.15) is 0 Å². The zero-order chi connectivity index (χ0) is 30.9. The van der Waals surface area contributed by atoms with Crippen LogP contribution >= 0.6 is 0 Å². The summed E-state index contributed by atoms with van der Waals surface area (Å²) in [7, 11) is 0. The Hall–Kier alpha value is -4.00. The van der Waals surface area contributed by atoms with Gasteiger partial charge in [0, 0.05) is 87.8 Å². The molecule has 3 atom stereocenters. The molecule has 12 nitrogen and oxygen atoms in total. The van der Waals surface area contributed by atoms with E-state index in [1.165, 1.54) is 0 Å². The maximum absolute atomic E-state index is 12.4. The SMILES string of the molecule is CC1(C)c2ccccc2N2CCOCCN3CCNC(=O)CC(=O)NCCN(CC3)Cc3cc([N+](=O)[O-])cc4c3OC21C=C4. The fourth-order valence-electron chi connectivity index (χ4n) is 6.83. The maximum Gasteiger partial charge on any atom is 0.270 e. The van der Waals surface area contributed by atoms with Gasteiger partial charge in [-0.3, -0.25) is 29.5 Å². The molecular weight excluding hydrogens is 564 g/mol. The molecule has 2 aromatic rings. The van der Waals surface area contributed by atoms with Crippen LogP contribution in [0.4, 0.5) is 11.4 Å². The Morgan fingerprint density at radius 3 is 2.39 bits per heavy atom. The van der Waals surface area contributed by atoms with Crippen molar-refractivity contribution in [3.63, 3.8) is 0 Å². The lowest BCUT2D eigenvalue weighted by Crippen LogP contribution is -2.60. The van der Waals surface area contributed by atoms with Gasteiger partial charge >= 0.3 is 0 Å². The molecule has 1 fully saturated rings. The third-order valence-corrected chi connectivity index (χ3v) is 9.26. The standard InChI is InChI=1S/C32H40N6O6/c1-31(2)26-5-3-4-6-27(26)37-16-18-43-17-15-35-11-9-33-28(39)21-29(40)34-10-12-36(14-13-35)22-24-20-25(38(41)42)19-23-7-8-32(31,37)44-30(23)24/h3-8,19-20H,9-18,21-22H2,1-2H3,(H,33,39)(H,34,40). The Balaban J connectivity index is 1.43. The van der Waals surface area contributed by atoms with Gasteiger partial charge in [0.2, 0.25) is 17.5 Å². The lowest BCUT2D eigenvalue weighted by atomic mass is 9.76. The van der Waals surface area contributed by atoms with Gasteiger partial charge in [-0.05, 0) is 37.6 Å². The monoisotopic (exact) mass is 604 g/mol. The maximum atomic E-state index is 12.4. The van der Waals surface area contributed by atoms with E-state index in [1.807, 2.05) is 24.3 Å². The fraction of sp³-hybridized carbons (Fsp3) is 0.500. The summed E-state index contributed by atoms with van der Waals surface area (Å²) in [4.78, 5) is 43.0. The number of amides is 2. The highest BCUT2D eigenvalue weighted by Gasteiger charge is 2.59. The van der Waals surface area contributed by atoms with Crippen LogP contribution in [0.1, 0.15) is 37.0 Å². The predicted octanol–water partition coefficient (Wildman–Crippen LogP) is 2.26. The number of non-ortho nitro benzene ring substituents is 1. The average molecular weight is 605 g/mol. The summed E-state index contributed by atoms with van der Waals surface area (Å²) in [6.07, 6.45) is 3.78. The number of carbonyl (C=O) groups is 2. The third kappa shape index (κ3) is 5.64. The molecule has 0 aliphatic carbocycles. The summed E-state index contributed by atoms with van der Waals surface area (Å²) >= 11 is 0. The lowest BCUT2D eigenvalue weighted by molar-refractivity contribution is -0.385. The third-order valence-electron chi connectivity index (χ3n) is 9.26. The van der Waals surface area contributed by atoms with Crippen LogP contribution in [0.15, 0.2) is 42.5 Å². The Kier molecular flexibility index (Phi) is 8.32. The van der Waals surface area contributed by atoms with Crippen LogP contribution in [0.3, 0.4) is 0 Å². The molecule has 1 spiro atoms. The van der Waals surface area contributed by atoms with E-state index in [9.17, 15) is 19.7 Å². The highest BCUT2D eigenvalue weighted by atomic mass is 16.6. The first-order valence-electron chi connectivity index (χ1n) is 15.3. The van der Waals surface area contributed by atoms with Crippen molar-refractivity contribution in [3.8, 4) is 5.75 Å². The molecule has 3 unspecified atom stereocenters. The fourth-order valence-corrected chi connectivity index (χ4v) is 6.83. The number of benzene rings is 2. The molecule has 6 rings (SSSR count). The van der Waals surface area contributed by atoms with Gasteiger partial charge in [0.25, 0.3) is 5.69 Å². The van der Waals surface area contributed by atoms with Crippen molar-refractivity contribution in [2.45, 2.75) is 38.0 Å². The van der Waals surface area contributed by atoms with E-state index < -0.39 is 11.1 Å². The lowest BCUT2D eigenvalue weighted by Gasteiger charge is -2.47. The number of nitrogens with one attached hydrogen (secondary N) is 2. The largest absolute Gasteiger partial charge is 0.462 e. The van der Waals surface area contributed by atoms with Crippen molar-refractivity contribution in [2.75, 3.05) is 70.5 Å². The molecular formula is C32H40N6O6. The first-order valence-corrected chi connectivity index (χ1v) is 15.3. The second-order valence-corrected chi connectivity index (χ2v) is 12.3. The Bertz CT molecular complexity index is 1480. The minimum atomic E-state index is -0.877. The van der Waals surface area contributed by atoms with E-state index in [0.717, 1.165) is 16.8 Å². The summed E-state index contributed by atoms with van der Waals surface area (Å²) in [6, 6.07) is 11.5. The zero-order valence-corrected chi connectivity index (χ0v) is 25.3. The molecule has 234 valence electrons. The van der Waals surface area contributed by atoms with Crippen molar-refractivity contribution >= 4 is 29.3 Å². The first-order chi connectivity index (χ1) is 21.2. The van der Waals surface area contributed by atoms with Crippen LogP contribution in [0.25, 0.3) is 6.08 Å². The summed E-state index contributed by atoms with van der Waals surface area (Å²) < 4.78 is 13.3. The van der Waals surface area contributed by atoms with Crippen molar-refractivity contribution in [1.29, 1.82) is 0 Å². The summed E-state index contributed by atoms with van der Waals surface area (Å²) in [6.45, 7) is 10.2. The smallest absolute Gasteiger partial charge is 0.270 e. The molecule has 2 amide bonds. The van der Waals surface area contributed by atoms with E-state index in [-0.39, 0.29) is 28.8 Å². The Labute approximate surface area is 257 Å². The van der Waals surface area contributed by atoms with Gasteiger partial charge in [-0.1, -0.05) is 18.2 Å². The summed E-state index contributed by atoms with van der Waals surface area (Å²) in [5, 5.41) is 17.7. The molecule has 4 heterocycles. The second-order valence-electron chi connectivity index (χ2n) is 12.3.